The lowest BCUT2D eigenvalue weighted by atomic mass is 10.0. The number of alkyl halides is 3. The second-order valence-corrected chi connectivity index (χ2v) is 8.97. The molecule has 10 heteroatoms. The third kappa shape index (κ3) is 4.13. The Morgan fingerprint density at radius 2 is 1.72 bits per heavy atom. The lowest BCUT2D eigenvalue weighted by molar-refractivity contribution is -0.141. The van der Waals surface area contributed by atoms with Crippen LogP contribution >= 0.6 is 0 Å². The molecule has 0 amide bonds. The van der Waals surface area contributed by atoms with Crippen LogP contribution in [0.25, 0.3) is 28.1 Å². The van der Waals surface area contributed by atoms with Crippen LogP contribution in [-0.4, -0.2) is 31.6 Å². The molecule has 0 N–H and O–H groups in total. The van der Waals surface area contributed by atoms with Crippen LogP contribution in [0.3, 0.4) is 0 Å². The van der Waals surface area contributed by atoms with E-state index in [1.807, 2.05) is 0 Å². The number of ether oxygens (including phenoxy) is 1. The predicted octanol–water partition coefficient (Wildman–Crippen LogP) is 5.23. The van der Waals surface area contributed by atoms with Crippen molar-refractivity contribution < 1.29 is 30.7 Å². The third-order valence-corrected chi connectivity index (χ3v) is 5.95. The van der Waals surface area contributed by atoms with Gasteiger partial charge >= 0.3 is 6.18 Å². The van der Waals surface area contributed by atoms with E-state index in [-0.39, 0.29) is 16.3 Å². The summed E-state index contributed by atoms with van der Waals surface area (Å²) in [6, 6.07) is 14.1. The number of nitrogens with zero attached hydrogens (tertiary/aromatic N) is 2. The predicted molar refractivity (Wildman–Crippen MR) is 111 cm³/mol. The van der Waals surface area contributed by atoms with E-state index in [1.165, 1.54) is 19.2 Å². The summed E-state index contributed by atoms with van der Waals surface area (Å²) in [5.41, 5.74) is 0.734. The van der Waals surface area contributed by atoms with Crippen molar-refractivity contribution in [3.63, 3.8) is 0 Å². The van der Waals surface area contributed by atoms with Crippen LogP contribution in [0.15, 0.2) is 76.4 Å². The van der Waals surface area contributed by atoms with Crippen molar-refractivity contribution in [2.24, 2.45) is 0 Å². The van der Waals surface area contributed by atoms with Crippen LogP contribution in [0, 0.1) is 0 Å². The van der Waals surface area contributed by atoms with Gasteiger partial charge in [0.25, 0.3) is 0 Å². The van der Waals surface area contributed by atoms with E-state index < -0.39 is 21.7 Å². The van der Waals surface area contributed by atoms with Crippen molar-refractivity contribution in [1.82, 2.24) is 9.78 Å². The van der Waals surface area contributed by atoms with Crippen LogP contribution in [0.5, 0.6) is 5.75 Å². The Labute approximate surface area is 181 Å². The first-order valence-electron chi connectivity index (χ1n) is 9.27. The number of furan rings is 1. The van der Waals surface area contributed by atoms with Crippen molar-refractivity contribution in [3.05, 3.63) is 72.8 Å². The molecule has 6 nitrogen and oxygen atoms in total. The topological polar surface area (TPSA) is 74.3 Å². The quantitative estimate of drug-likeness (QED) is 0.406. The van der Waals surface area contributed by atoms with Crippen LogP contribution in [0.1, 0.15) is 5.69 Å². The summed E-state index contributed by atoms with van der Waals surface area (Å²) in [5.74, 6) is 0.713. The van der Waals surface area contributed by atoms with E-state index in [9.17, 15) is 21.6 Å². The SMILES string of the molecule is COc1cc(S(C)(=O)=O)c(-c2ccc(-c3ccco3)cc2)cc1-n1ccc(C(F)(F)F)n1. The second-order valence-electron chi connectivity index (χ2n) is 6.99. The molecule has 0 fully saturated rings. The minimum atomic E-state index is -4.62. The Morgan fingerprint density at radius 1 is 1.03 bits per heavy atom. The number of methoxy groups -OCH3 is 1. The molecule has 166 valence electrons. The number of hydrogen-bond acceptors (Lipinski definition) is 5. The second kappa shape index (κ2) is 7.86. The van der Waals surface area contributed by atoms with Gasteiger partial charge in [0.1, 0.15) is 17.2 Å². The fraction of sp³-hybridized carbons (Fsp3) is 0.136. The Balaban J connectivity index is 1.89. The van der Waals surface area contributed by atoms with Gasteiger partial charge in [0.2, 0.25) is 0 Å². The van der Waals surface area contributed by atoms with Crippen molar-refractivity contribution in [2.75, 3.05) is 13.4 Å². The molecule has 0 unspecified atom stereocenters. The molecule has 0 aliphatic carbocycles. The molecule has 0 saturated heterocycles. The van der Waals surface area contributed by atoms with E-state index in [0.29, 0.717) is 16.9 Å². The molecule has 0 spiro atoms. The molecule has 2 aromatic carbocycles. The zero-order valence-electron chi connectivity index (χ0n) is 16.9. The molecule has 0 radical (unpaired) electrons. The lowest BCUT2D eigenvalue weighted by Crippen LogP contribution is -2.09. The summed E-state index contributed by atoms with van der Waals surface area (Å²) in [7, 11) is -2.39. The third-order valence-electron chi connectivity index (χ3n) is 4.81. The molecule has 32 heavy (non-hydrogen) atoms. The van der Waals surface area contributed by atoms with Gasteiger partial charge in [-0.25, -0.2) is 13.1 Å². The van der Waals surface area contributed by atoms with Gasteiger partial charge in [0.05, 0.1) is 18.3 Å². The minimum absolute atomic E-state index is 0.0213. The Hall–Kier alpha value is -3.53. The van der Waals surface area contributed by atoms with Gasteiger partial charge in [-0.1, -0.05) is 24.3 Å². The van der Waals surface area contributed by atoms with E-state index in [4.69, 9.17) is 9.15 Å². The van der Waals surface area contributed by atoms with E-state index >= 15 is 0 Å². The van der Waals surface area contributed by atoms with Gasteiger partial charge in [-0.05, 0) is 29.8 Å². The molecule has 2 heterocycles. The van der Waals surface area contributed by atoms with Gasteiger partial charge in [0, 0.05) is 29.6 Å². The van der Waals surface area contributed by atoms with Crippen molar-refractivity contribution in [2.45, 2.75) is 11.1 Å². The molecule has 4 rings (SSSR count). The number of benzene rings is 2. The summed E-state index contributed by atoms with van der Waals surface area (Å²) in [6.45, 7) is 0. The monoisotopic (exact) mass is 462 g/mol. The van der Waals surface area contributed by atoms with Gasteiger partial charge in [-0.2, -0.15) is 18.3 Å². The van der Waals surface area contributed by atoms with E-state index in [2.05, 4.69) is 5.10 Å². The molecule has 2 aromatic heterocycles. The van der Waals surface area contributed by atoms with Crippen LogP contribution in [0.4, 0.5) is 13.2 Å². The average molecular weight is 462 g/mol. The van der Waals surface area contributed by atoms with Gasteiger partial charge < -0.3 is 9.15 Å². The standard InChI is InChI=1S/C22H17F3N2O4S/c1-30-19-13-20(32(2,28)29)16(12-17(19)27-10-9-21(26-27)22(23,24)25)14-5-7-15(8-6-14)18-4-3-11-31-18/h3-13H,1-2H3. The zero-order valence-corrected chi connectivity index (χ0v) is 17.7. The Bertz CT molecular complexity index is 1360. The van der Waals surface area contributed by atoms with Crippen molar-refractivity contribution >= 4 is 9.84 Å². The number of rotatable bonds is 5. The zero-order chi connectivity index (χ0) is 23.1. The molecule has 4 aromatic rings. The minimum Gasteiger partial charge on any atom is -0.494 e. The Morgan fingerprint density at radius 3 is 2.25 bits per heavy atom. The fourth-order valence-corrected chi connectivity index (χ4v) is 4.19. The summed E-state index contributed by atoms with van der Waals surface area (Å²) < 4.78 is 75.7. The van der Waals surface area contributed by atoms with Crippen LogP contribution in [-0.2, 0) is 16.0 Å². The maximum Gasteiger partial charge on any atom is 0.435 e. The van der Waals surface area contributed by atoms with Gasteiger partial charge in [-0.3, -0.25) is 0 Å². The van der Waals surface area contributed by atoms with Gasteiger partial charge in [0.15, 0.2) is 15.5 Å². The Kier molecular flexibility index (Phi) is 5.33. The molecule has 0 atom stereocenters. The summed E-state index contributed by atoms with van der Waals surface area (Å²) in [5, 5.41) is 3.58. The maximum absolute atomic E-state index is 13.0. The first-order valence-corrected chi connectivity index (χ1v) is 11.2. The highest BCUT2D eigenvalue weighted by molar-refractivity contribution is 7.90. The highest BCUT2D eigenvalue weighted by Gasteiger charge is 2.34. The smallest absolute Gasteiger partial charge is 0.435 e. The maximum atomic E-state index is 13.0. The summed E-state index contributed by atoms with van der Waals surface area (Å²) in [4.78, 5) is -0.0213. The highest BCUT2D eigenvalue weighted by atomic mass is 32.2. The molecule has 0 bridgehead atoms. The number of halogens is 3. The normalized spacial score (nSPS) is 12.2. The first kappa shape index (κ1) is 21.7. The average Bonchev–Trinajstić information content (AvgIpc) is 3.44. The summed E-state index contributed by atoms with van der Waals surface area (Å²) >= 11 is 0. The molecule has 0 aliphatic rings. The number of hydrogen-bond donors (Lipinski definition) is 0. The molecule has 0 saturated carbocycles. The largest absolute Gasteiger partial charge is 0.494 e. The lowest BCUT2D eigenvalue weighted by Gasteiger charge is -2.15. The van der Waals surface area contributed by atoms with Crippen LogP contribution < -0.4 is 4.74 Å². The van der Waals surface area contributed by atoms with E-state index in [1.54, 1.807) is 42.7 Å². The molecule has 0 aliphatic heterocycles. The van der Waals surface area contributed by atoms with Crippen molar-refractivity contribution in [1.29, 1.82) is 0 Å². The summed E-state index contributed by atoms with van der Waals surface area (Å²) in [6.07, 6.45) is -0.877. The number of aromatic nitrogens is 2. The number of sulfone groups is 1. The molecular weight excluding hydrogens is 445 g/mol. The van der Waals surface area contributed by atoms with Crippen molar-refractivity contribution in [3.8, 4) is 33.9 Å². The molecular formula is C22H17F3N2O4S. The van der Waals surface area contributed by atoms with Crippen LogP contribution in [0.2, 0.25) is 0 Å². The van der Waals surface area contributed by atoms with E-state index in [0.717, 1.165) is 28.8 Å². The fourth-order valence-electron chi connectivity index (χ4n) is 3.29. The van der Waals surface area contributed by atoms with Gasteiger partial charge in [-0.15, -0.1) is 0 Å². The first-order chi connectivity index (χ1) is 15.1. The highest BCUT2D eigenvalue weighted by Crippen LogP contribution is 2.37.